The predicted molar refractivity (Wildman–Crippen MR) is 80.7 cm³/mol. The molecule has 2 amide bonds. The molecule has 21 heavy (non-hydrogen) atoms. The van der Waals surface area contributed by atoms with E-state index in [2.05, 4.69) is 10.6 Å². The molecule has 0 aliphatic rings. The summed E-state index contributed by atoms with van der Waals surface area (Å²) < 4.78 is 0. The maximum absolute atomic E-state index is 12.3. The van der Waals surface area contributed by atoms with Gasteiger partial charge in [0.05, 0.1) is 6.42 Å². The van der Waals surface area contributed by atoms with E-state index in [1.165, 1.54) is 6.92 Å². The first-order valence-corrected chi connectivity index (χ1v) is 7.08. The Morgan fingerprint density at radius 1 is 1.00 bits per heavy atom. The molecule has 0 aliphatic carbocycles. The SMILES string of the molecule is C[C@H](CC(=O)O)C(=O)NC(C(=O)NC(C)(C)C)C(C)(C)C. The van der Waals surface area contributed by atoms with Crippen molar-refractivity contribution in [3.05, 3.63) is 0 Å². The number of nitrogens with one attached hydrogen (secondary N) is 2. The molecule has 0 aromatic rings. The second-order valence-electron chi connectivity index (χ2n) is 7.55. The minimum atomic E-state index is -1.04. The number of aliphatic carboxylic acids is 1. The molecule has 0 saturated carbocycles. The zero-order chi connectivity index (χ0) is 17.0. The smallest absolute Gasteiger partial charge is 0.304 e. The quantitative estimate of drug-likeness (QED) is 0.717. The summed E-state index contributed by atoms with van der Waals surface area (Å²) >= 11 is 0. The normalized spacial score (nSPS) is 15.0. The van der Waals surface area contributed by atoms with Gasteiger partial charge in [-0.15, -0.1) is 0 Å². The van der Waals surface area contributed by atoms with Crippen LogP contribution < -0.4 is 10.6 Å². The summed E-state index contributed by atoms with van der Waals surface area (Å²) in [5.74, 6) is -2.42. The highest BCUT2D eigenvalue weighted by molar-refractivity contribution is 5.90. The number of rotatable bonds is 5. The topological polar surface area (TPSA) is 95.5 Å². The third-order valence-electron chi connectivity index (χ3n) is 2.84. The molecule has 2 atom stereocenters. The van der Waals surface area contributed by atoms with Gasteiger partial charge in [0.15, 0.2) is 0 Å². The van der Waals surface area contributed by atoms with Crippen molar-refractivity contribution in [2.24, 2.45) is 11.3 Å². The molecular weight excluding hydrogens is 272 g/mol. The molecule has 0 rings (SSSR count). The van der Waals surface area contributed by atoms with Crippen LogP contribution >= 0.6 is 0 Å². The fraction of sp³-hybridized carbons (Fsp3) is 0.800. The summed E-state index contributed by atoms with van der Waals surface area (Å²) in [5, 5.41) is 14.2. The molecule has 0 aromatic carbocycles. The first-order chi connectivity index (χ1) is 9.24. The van der Waals surface area contributed by atoms with Gasteiger partial charge in [0.25, 0.3) is 0 Å². The lowest BCUT2D eigenvalue weighted by Gasteiger charge is -2.33. The summed E-state index contributed by atoms with van der Waals surface area (Å²) in [4.78, 5) is 35.1. The van der Waals surface area contributed by atoms with Gasteiger partial charge >= 0.3 is 5.97 Å². The molecule has 0 aromatic heterocycles. The zero-order valence-electron chi connectivity index (χ0n) is 14.0. The molecule has 0 saturated heterocycles. The Labute approximate surface area is 126 Å². The average molecular weight is 300 g/mol. The second kappa shape index (κ2) is 6.91. The van der Waals surface area contributed by atoms with Crippen molar-refractivity contribution in [1.82, 2.24) is 10.6 Å². The van der Waals surface area contributed by atoms with E-state index in [1.807, 2.05) is 41.5 Å². The second-order valence-corrected chi connectivity index (χ2v) is 7.55. The van der Waals surface area contributed by atoms with Crippen molar-refractivity contribution >= 4 is 17.8 Å². The summed E-state index contributed by atoms with van der Waals surface area (Å²) in [6, 6.07) is -0.722. The number of carboxylic acids is 1. The molecule has 122 valence electrons. The predicted octanol–water partition coefficient (Wildman–Crippen LogP) is 1.54. The van der Waals surface area contributed by atoms with E-state index in [9.17, 15) is 14.4 Å². The van der Waals surface area contributed by atoms with E-state index in [1.54, 1.807) is 0 Å². The zero-order valence-corrected chi connectivity index (χ0v) is 14.0. The Morgan fingerprint density at radius 2 is 1.48 bits per heavy atom. The Balaban J connectivity index is 4.99. The molecule has 0 radical (unpaired) electrons. The van der Waals surface area contributed by atoms with E-state index in [0.717, 1.165) is 0 Å². The van der Waals surface area contributed by atoms with Crippen LogP contribution in [0.4, 0.5) is 0 Å². The van der Waals surface area contributed by atoms with Crippen molar-refractivity contribution in [2.75, 3.05) is 0 Å². The average Bonchev–Trinajstić information content (AvgIpc) is 2.19. The van der Waals surface area contributed by atoms with Crippen LogP contribution in [0.2, 0.25) is 0 Å². The van der Waals surface area contributed by atoms with Gasteiger partial charge in [0.1, 0.15) is 6.04 Å². The lowest BCUT2D eigenvalue weighted by molar-refractivity contribution is -0.141. The van der Waals surface area contributed by atoms with Crippen LogP contribution in [-0.2, 0) is 14.4 Å². The number of amides is 2. The van der Waals surface area contributed by atoms with Crippen LogP contribution in [0, 0.1) is 11.3 Å². The largest absolute Gasteiger partial charge is 0.481 e. The molecule has 0 spiro atoms. The number of carbonyl (C=O) groups excluding carboxylic acids is 2. The standard InChI is InChI=1S/C15H28N2O4/c1-9(8-10(18)19)12(20)16-11(14(2,3)4)13(21)17-15(5,6)7/h9,11H,8H2,1-7H3,(H,16,20)(H,17,21)(H,18,19)/t9-,11?/m1/s1. The number of carboxylic acid groups (broad SMARTS) is 1. The highest BCUT2D eigenvalue weighted by Crippen LogP contribution is 2.21. The summed E-state index contributed by atoms with van der Waals surface area (Å²) in [5.41, 5.74) is -0.883. The third-order valence-corrected chi connectivity index (χ3v) is 2.84. The van der Waals surface area contributed by atoms with Gasteiger partial charge in [-0.3, -0.25) is 14.4 Å². The lowest BCUT2D eigenvalue weighted by Crippen LogP contribution is -2.57. The van der Waals surface area contributed by atoms with Gasteiger partial charge < -0.3 is 15.7 Å². The van der Waals surface area contributed by atoms with E-state index >= 15 is 0 Å². The molecule has 0 aliphatic heterocycles. The van der Waals surface area contributed by atoms with Crippen molar-refractivity contribution in [3.63, 3.8) is 0 Å². The van der Waals surface area contributed by atoms with Crippen LogP contribution in [0.3, 0.4) is 0 Å². The molecule has 6 heteroatoms. The van der Waals surface area contributed by atoms with Crippen LogP contribution in [0.1, 0.15) is 54.9 Å². The fourth-order valence-corrected chi connectivity index (χ4v) is 1.76. The molecule has 0 heterocycles. The Kier molecular flexibility index (Phi) is 6.39. The van der Waals surface area contributed by atoms with Gasteiger partial charge in [-0.2, -0.15) is 0 Å². The Morgan fingerprint density at radius 3 is 1.81 bits per heavy atom. The highest BCUT2D eigenvalue weighted by atomic mass is 16.4. The van der Waals surface area contributed by atoms with Crippen molar-refractivity contribution in [3.8, 4) is 0 Å². The highest BCUT2D eigenvalue weighted by Gasteiger charge is 2.35. The van der Waals surface area contributed by atoms with Crippen molar-refractivity contribution in [1.29, 1.82) is 0 Å². The fourth-order valence-electron chi connectivity index (χ4n) is 1.76. The van der Waals surface area contributed by atoms with Gasteiger partial charge in [-0.05, 0) is 26.2 Å². The first-order valence-electron chi connectivity index (χ1n) is 7.08. The van der Waals surface area contributed by atoms with Crippen molar-refractivity contribution in [2.45, 2.75) is 66.5 Å². The molecule has 0 bridgehead atoms. The first kappa shape index (κ1) is 19.4. The van der Waals surface area contributed by atoms with Gasteiger partial charge in [0.2, 0.25) is 11.8 Å². The summed E-state index contributed by atoms with van der Waals surface area (Å²) in [6.45, 7) is 12.7. The van der Waals surface area contributed by atoms with Crippen LogP contribution in [0.5, 0.6) is 0 Å². The molecular formula is C15H28N2O4. The minimum absolute atomic E-state index is 0.260. The Hall–Kier alpha value is -1.59. The molecule has 1 unspecified atom stereocenters. The monoisotopic (exact) mass is 300 g/mol. The van der Waals surface area contributed by atoms with E-state index < -0.39 is 34.8 Å². The van der Waals surface area contributed by atoms with Crippen LogP contribution in [0.15, 0.2) is 0 Å². The molecule has 0 fully saturated rings. The van der Waals surface area contributed by atoms with E-state index in [-0.39, 0.29) is 12.3 Å². The number of carbonyl (C=O) groups is 3. The molecule has 6 nitrogen and oxygen atoms in total. The van der Waals surface area contributed by atoms with Crippen LogP contribution in [-0.4, -0.2) is 34.5 Å². The number of hydrogen-bond acceptors (Lipinski definition) is 3. The third kappa shape index (κ3) is 7.68. The van der Waals surface area contributed by atoms with E-state index in [4.69, 9.17) is 5.11 Å². The van der Waals surface area contributed by atoms with Gasteiger partial charge in [-0.1, -0.05) is 27.7 Å². The summed E-state index contributed by atoms with van der Waals surface area (Å²) in [6.07, 6.45) is -0.260. The molecule has 3 N–H and O–H groups in total. The number of hydrogen-bond donors (Lipinski definition) is 3. The van der Waals surface area contributed by atoms with Gasteiger partial charge in [0, 0.05) is 11.5 Å². The maximum atomic E-state index is 12.3. The van der Waals surface area contributed by atoms with Gasteiger partial charge in [-0.25, -0.2) is 0 Å². The lowest BCUT2D eigenvalue weighted by atomic mass is 9.85. The van der Waals surface area contributed by atoms with E-state index in [0.29, 0.717) is 0 Å². The minimum Gasteiger partial charge on any atom is -0.481 e. The maximum Gasteiger partial charge on any atom is 0.304 e. The summed E-state index contributed by atoms with van der Waals surface area (Å²) in [7, 11) is 0. The Bertz CT molecular complexity index is 405. The van der Waals surface area contributed by atoms with Crippen LogP contribution in [0.25, 0.3) is 0 Å². The van der Waals surface area contributed by atoms with Crippen molar-refractivity contribution < 1.29 is 19.5 Å².